The van der Waals surface area contributed by atoms with Crippen LogP contribution in [0.25, 0.3) is 43.2 Å². The van der Waals surface area contributed by atoms with E-state index in [1.165, 1.54) is 0 Å². The zero-order valence-electron chi connectivity index (χ0n) is 21.7. The third-order valence-corrected chi connectivity index (χ3v) is 7.03. The Kier molecular flexibility index (Phi) is 7.91. The van der Waals surface area contributed by atoms with Crippen molar-refractivity contribution in [2.45, 2.75) is 39.9 Å². The SMILES string of the molecule is CC(C)Oc1nc2ccccc2nc1-c1cccs1.CC(C)Oc1nc2ccccc2nc1-c1cccs1. The maximum Gasteiger partial charge on any atom is 0.242 e. The van der Waals surface area contributed by atoms with Gasteiger partial charge in [-0.1, -0.05) is 36.4 Å². The molecule has 0 bridgehead atoms. The van der Waals surface area contributed by atoms with E-state index < -0.39 is 0 Å². The molecule has 38 heavy (non-hydrogen) atoms. The maximum atomic E-state index is 5.81. The van der Waals surface area contributed by atoms with Gasteiger partial charge in [0.05, 0.1) is 44.0 Å². The van der Waals surface area contributed by atoms with Crippen LogP contribution < -0.4 is 9.47 Å². The largest absolute Gasteiger partial charge is 0.473 e. The first-order valence-electron chi connectivity index (χ1n) is 12.4. The Morgan fingerprint density at radius 2 is 0.868 bits per heavy atom. The first kappa shape index (κ1) is 25.8. The van der Waals surface area contributed by atoms with Crippen LogP contribution in [0.2, 0.25) is 0 Å². The van der Waals surface area contributed by atoms with Crippen molar-refractivity contribution in [1.82, 2.24) is 19.9 Å². The minimum absolute atomic E-state index is 0.0779. The van der Waals surface area contributed by atoms with Crippen LogP contribution in [-0.4, -0.2) is 32.1 Å². The van der Waals surface area contributed by atoms with E-state index in [0.29, 0.717) is 11.8 Å². The third kappa shape index (κ3) is 5.98. The molecule has 8 heteroatoms. The zero-order valence-corrected chi connectivity index (χ0v) is 23.3. The number of ether oxygens (including phenoxy) is 2. The zero-order chi connectivity index (χ0) is 26.5. The fourth-order valence-electron chi connectivity index (χ4n) is 3.73. The summed E-state index contributed by atoms with van der Waals surface area (Å²) >= 11 is 3.29. The van der Waals surface area contributed by atoms with Gasteiger partial charge in [0, 0.05) is 0 Å². The number of rotatable bonds is 6. The molecule has 0 saturated carbocycles. The van der Waals surface area contributed by atoms with Crippen LogP contribution in [-0.2, 0) is 0 Å². The Morgan fingerprint density at radius 3 is 1.18 bits per heavy atom. The molecular formula is C30H28N4O2S2. The Balaban J connectivity index is 0.000000155. The fraction of sp³-hybridized carbons (Fsp3) is 0.200. The lowest BCUT2D eigenvalue weighted by molar-refractivity contribution is 0.233. The topological polar surface area (TPSA) is 70.0 Å². The molecule has 0 N–H and O–H groups in total. The summed E-state index contributed by atoms with van der Waals surface area (Å²) in [5.74, 6) is 1.22. The van der Waals surface area contributed by atoms with E-state index in [1.807, 2.05) is 111 Å². The molecular weight excluding hydrogens is 512 g/mol. The minimum Gasteiger partial charge on any atom is -0.473 e. The van der Waals surface area contributed by atoms with Gasteiger partial charge < -0.3 is 9.47 Å². The maximum absolute atomic E-state index is 5.81. The number of thiophene rings is 2. The average Bonchev–Trinajstić information content (AvgIpc) is 3.63. The number of hydrogen-bond acceptors (Lipinski definition) is 8. The minimum atomic E-state index is 0.0779. The highest BCUT2D eigenvalue weighted by atomic mass is 32.1. The lowest BCUT2D eigenvalue weighted by Crippen LogP contribution is -2.08. The highest BCUT2D eigenvalue weighted by molar-refractivity contribution is 7.13. The summed E-state index contributed by atoms with van der Waals surface area (Å²) in [6, 6.07) is 23.8. The van der Waals surface area contributed by atoms with Crippen molar-refractivity contribution >= 4 is 44.7 Å². The lowest BCUT2D eigenvalue weighted by atomic mass is 10.2. The Morgan fingerprint density at radius 1 is 0.500 bits per heavy atom. The van der Waals surface area contributed by atoms with Crippen molar-refractivity contribution in [3.8, 4) is 32.9 Å². The van der Waals surface area contributed by atoms with Crippen LogP contribution in [0.4, 0.5) is 0 Å². The summed E-state index contributed by atoms with van der Waals surface area (Å²) in [6.07, 6.45) is 0.156. The van der Waals surface area contributed by atoms with Crippen molar-refractivity contribution < 1.29 is 9.47 Å². The normalized spacial score (nSPS) is 11.1. The van der Waals surface area contributed by atoms with Crippen molar-refractivity contribution in [3.63, 3.8) is 0 Å². The molecule has 0 spiro atoms. The number of fused-ring (bicyclic) bond motifs is 2. The number of nitrogens with zero attached hydrogens (tertiary/aromatic N) is 4. The average molecular weight is 541 g/mol. The van der Waals surface area contributed by atoms with E-state index in [4.69, 9.17) is 19.4 Å². The van der Waals surface area contributed by atoms with Crippen molar-refractivity contribution in [1.29, 1.82) is 0 Å². The first-order valence-corrected chi connectivity index (χ1v) is 14.2. The molecule has 6 aromatic rings. The van der Waals surface area contributed by atoms with Crippen molar-refractivity contribution in [3.05, 3.63) is 83.6 Å². The van der Waals surface area contributed by atoms with Crippen LogP contribution in [0.1, 0.15) is 27.7 Å². The van der Waals surface area contributed by atoms with Crippen LogP contribution >= 0.6 is 22.7 Å². The first-order chi connectivity index (χ1) is 18.5. The Labute approximate surface area is 230 Å². The molecule has 0 aliphatic carbocycles. The second-order valence-corrected chi connectivity index (χ2v) is 10.9. The Hall–Kier alpha value is -3.88. The third-order valence-electron chi connectivity index (χ3n) is 5.28. The van der Waals surface area contributed by atoms with E-state index in [-0.39, 0.29) is 12.2 Å². The molecule has 0 fully saturated rings. The van der Waals surface area contributed by atoms with Gasteiger partial charge in [-0.25, -0.2) is 19.9 Å². The van der Waals surface area contributed by atoms with Crippen molar-refractivity contribution in [2.24, 2.45) is 0 Å². The smallest absolute Gasteiger partial charge is 0.242 e. The van der Waals surface area contributed by atoms with E-state index in [1.54, 1.807) is 22.7 Å². The predicted molar refractivity (Wildman–Crippen MR) is 157 cm³/mol. The molecule has 0 saturated heterocycles. The van der Waals surface area contributed by atoms with E-state index in [2.05, 4.69) is 9.97 Å². The summed E-state index contributed by atoms with van der Waals surface area (Å²) in [7, 11) is 0. The quantitative estimate of drug-likeness (QED) is 0.212. The van der Waals surface area contributed by atoms with Crippen LogP contribution in [0.3, 0.4) is 0 Å². The van der Waals surface area contributed by atoms with Crippen LogP contribution in [0.15, 0.2) is 83.6 Å². The number of para-hydroxylation sites is 4. The van der Waals surface area contributed by atoms with Gasteiger partial charge in [0.2, 0.25) is 11.8 Å². The molecule has 0 aliphatic heterocycles. The molecule has 6 rings (SSSR count). The number of hydrogen-bond donors (Lipinski definition) is 0. The standard InChI is InChI=1S/2C15H14N2OS/c2*1-10(2)18-15-14(13-8-5-9-19-13)16-11-6-3-4-7-12(11)17-15/h2*3-10H,1-2H3. The fourth-order valence-corrected chi connectivity index (χ4v) is 5.14. The van der Waals surface area contributed by atoms with Gasteiger partial charge in [0.15, 0.2) is 0 Å². The molecule has 2 aromatic carbocycles. The van der Waals surface area contributed by atoms with Gasteiger partial charge in [-0.3, -0.25) is 0 Å². The van der Waals surface area contributed by atoms with E-state index in [0.717, 1.165) is 43.2 Å². The van der Waals surface area contributed by atoms with Gasteiger partial charge in [-0.2, -0.15) is 0 Å². The van der Waals surface area contributed by atoms with Crippen molar-refractivity contribution in [2.75, 3.05) is 0 Å². The predicted octanol–water partition coefficient (Wildman–Crippen LogP) is 8.29. The molecule has 4 aromatic heterocycles. The highest BCUT2D eigenvalue weighted by Gasteiger charge is 2.15. The molecule has 6 nitrogen and oxygen atoms in total. The van der Waals surface area contributed by atoms with Gasteiger partial charge in [0.25, 0.3) is 0 Å². The van der Waals surface area contributed by atoms with Gasteiger partial charge in [-0.15, -0.1) is 22.7 Å². The van der Waals surface area contributed by atoms with Crippen LogP contribution in [0.5, 0.6) is 11.8 Å². The molecule has 0 amide bonds. The summed E-state index contributed by atoms with van der Waals surface area (Å²) in [4.78, 5) is 20.7. The van der Waals surface area contributed by atoms with Gasteiger partial charge >= 0.3 is 0 Å². The lowest BCUT2D eigenvalue weighted by Gasteiger charge is -2.12. The molecule has 0 atom stereocenters. The summed E-state index contributed by atoms with van der Waals surface area (Å²) in [5.41, 5.74) is 5.14. The van der Waals surface area contributed by atoms with Crippen LogP contribution in [0, 0.1) is 0 Å². The summed E-state index contributed by atoms with van der Waals surface area (Å²) in [6.45, 7) is 7.98. The Bertz CT molecular complexity index is 1510. The second-order valence-electron chi connectivity index (χ2n) is 9.02. The molecule has 0 aliphatic rings. The monoisotopic (exact) mass is 540 g/mol. The molecule has 4 heterocycles. The molecule has 0 radical (unpaired) electrons. The number of aromatic nitrogens is 4. The van der Waals surface area contributed by atoms with E-state index in [9.17, 15) is 0 Å². The second kappa shape index (κ2) is 11.7. The van der Waals surface area contributed by atoms with E-state index >= 15 is 0 Å². The summed E-state index contributed by atoms with van der Waals surface area (Å²) in [5, 5.41) is 4.07. The highest BCUT2D eigenvalue weighted by Crippen LogP contribution is 2.33. The summed E-state index contributed by atoms with van der Waals surface area (Å²) < 4.78 is 11.6. The molecule has 192 valence electrons. The number of benzene rings is 2. The van der Waals surface area contributed by atoms with Gasteiger partial charge in [0.1, 0.15) is 11.4 Å². The van der Waals surface area contributed by atoms with Gasteiger partial charge in [-0.05, 0) is 74.9 Å². The molecule has 0 unspecified atom stereocenters.